The van der Waals surface area contributed by atoms with Gasteiger partial charge in [0.2, 0.25) is 0 Å². The summed E-state index contributed by atoms with van der Waals surface area (Å²) in [5, 5.41) is 3.06. The van der Waals surface area contributed by atoms with Gasteiger partial charge in [0.15, 0.2) is 11.5 Å². The van der Waals surface area contributed by atoms with Gasteiger partial charge in [-0.05, 0) is 6.42 Å². The van der Waals surface area contributed by atoms with E-state index in [1.807, 2.05) is 7.05 Å². The van der Waals surface area contributed by atoms with E-state index in [0.29, 0.717) is 0 Å². The van der Waals surface area contributed by atoms with Crippen molar-refractivity contribution in [1.82, 2.24) is 19.9 Å². The number of nitrogens with one attached hydrogen (secondary N) is 2. The minimum atomic E-state index is 0.742. The molecule has 0 atom stereocenters. The van der Waals surface area contributed by atoms with Gasteiger partial charge in [-0.15, -0.1) is 0 Å². The molecule has 0 saturated heterocycles. The summed E-state index contributed by atoms with van der Waals surface area (Å²) in [6, 6.07) is 0. The van der Waals surface area contributed by atoms with Crippen LogP contribution in [0.25, 0.3) is 11.2 Å². The average Bonchev–Trinajstić information content (AvgIpc) is 2.76. The average molecular weight is 219 g/mol. The molecule has 5 nitrogen and oxygen atoms in total. The van der Waals surface area contributed by atoms with Crippen LogP contribution >= 0.6 is 0 Å². The molecule has 2 aromatic heterocycles. The maximum atomic E-state index is 4.47. The molecule has 0 amide bonds. The van der Waals surface area contributed by atoms with Gasteiger partial charge in [0.1, 0.15) is 11.3 Å². The first-order valence-corrected chi connectivity index (χ1v) is 5.73. The summed E-state index contributed by atoms with van der Waals surface area (Å²) in [7, 11) is 1.86. The Bertz CT molecular complexity index is 462. The molecule has 0 aliphatic rings. The lowest BCUT2D eigenvalue weighted by Gasteiger charge is -2.04. The number of aromatic amines is 1. The summed E-state index contributed by atoms with van der Waals surface area (Å²) in [5.74, 6) is 1.70. The summed E-state index contributed by atoms with van der Waals surface area (Å²) >= 11 is 0. The molecular formula is C11H17N5. The lowest BCUT2D eigenvalue weighted by Crippen LogP contribution is -2.01. The molecule has 0 bridgehead atoms. The van der Waals surface area contributed by atoms with Crippen LogP contribution in [0.2, 0.25) is 0 Å². The third-order valence-corrected chi connectivity index (χ3v) is 2.57. The van der Waals surface area contributed by atoms with Crippen molar-refractivity contribution < 1.29 is 0 Å². The minimum absolute atomic E-state index is 0.742. The Morgan fingerprint density at radius 3 is 2.94 bits per heavy atom. The van der Waals surface area contributed by atoms with Crippen molar-refractivity contribution in [3.8, 4) is 0 Å². The van der Waals surface area contributed by atoms with Crippen molar-refractivity contribution >= 4 is 17.0 Å². The number of nitrogens with zero attached hydrogens (tertiary/aromatic N) is 3. The van der Waals surface area contributed by atoms with Gasteiger partial charge in [0.05, 0.1) is 6.33 Å². The number of hydrogen-bond donors (Lipinski definition) is 2. The van der Waals surface area contributed by atoms with E-state index in [1.165, 1.54) is 12.8 Å². The molecule has 0 aliphatic heterocycles. The third-order valence-electron chi connectivity index (χ3n) is 2.57. The molecule has 2 N–H and O–H groups in total. The van der Waals surface area contributed by atoms with Crippen LogP contribution < -0.4 is 5.32 Å². The van der Waals surface area contributed by atoms with Crippen LogP contribution in [0.3, 0.4) is 0 Å². The summed E-state index contributed by atoms with van der Waals surface area (Å²) in [6.45, 7) is 2.19. The van der Waals surface area contributed by atoms with Gasteiger partial charge in [0.25, 0.3) is 0 Å². The summed E-state index contributed by atoms with van der Waals surface area (Å²) in [6.07, 6.45) is 6.14. The Morgan fingerprint density at radius 2 is 2.19 bits per heavy atom. The highest BCUT2D eigenvalue weighted by atomic mass is 15.1. The molecule has 0 saturated carbocycles. The number of anilines is 1. The lowest BCUT2D eigenvalue weighted by molar-refractivity contribution is 0.696. The summed E-state index contributed by atoms with van der Waals surface area (Å²) < 4.78 is 0. The second-order valence-electron chi connectivity index (χ2n) is 3.80. The normalized spacial score (nSPS) is 10.9. The second-order valence-corrected chi connectivity index (χ2v) is 3.80. The van der Waals surface area contributed by atoms with E-state index in [4.69, 9.17) is 0 Å². The molecule has 5 heteroatoms. The van der Waals surface area contributed by atoms with Gasteiger partial charge in [-0.3, -0.25) is 0 Å². The van der Waals surface area contributed by atoms with Gasteiger partial charge in [-0.2, -0.15) is 0 Å². The zero-order chi connectivity index (χ0) is 11.4. The highest BCUT2D eigenvalue weighted by molar-refractivity contribution is 5.82. The van der Waals surface area contributed by atoms with Gasteiger partial charge >= 0.3 is 0 Å². The number of H-pyrrole nitrogens is 1. The number of aromatic nitrogens is 4. The van der Waals surface area contributed by atoms with E-state index in [2.05, 4.69) is 32.2 Å². The maximum absolute atomic E-state index is 4.47. The van der Waals surface area contributed by atoms with E-state index < -0.39 is 0 Å². The first-order valence-electron chi connectivity index (χ1n) is 5.73. The highest BCUT2D eigenvalue weighted by Gasteiger charge is 2.07. The van der Waals surface area contributed by atoms with Gasteiger partial charge in [0, 0.05) is 13.5 Å². The first-order chi connectivity index (χ1) is 7.85. The molecule has 0 unspecified atom stereocenters. The highest BCUT2D eigenvalue weighted by Crippen LogP contribution is 2.16. The van der Waals surface area contributed by atoms with Crippen LogP contribution in [0, 0.1) is 0 Å². The number of imidazole rings is 1. The van der Waals surface area contributed by atoms with Crippen molar-refractivity contribution in [1.29, 1.82) is 0 Å². The van der Waals surface area contributed by atoms with Crippen LogP contribution in [0.15, 0.2) is 6.33 Å². The third kappa shape index (κ3) is 2.13. The molecule has 2 heterocycles. The van der Waals surface area contributed by atoms with Crippen LogP contribution in [0.1, 0.15) is 32.0 Å². The number of aryl methyl sites for hydroxylation is 1. The largest absolute Gasteiger partial charge is 0.371 e. The molecule has 0 radical (unpaired) electrons. The number of unbranched alkanes of at least 4 members (excludes halogenated alkanes) is 2. The quantitative estimate of drug-likeness (QED) is 0.756. The number of fused-ring (bicyclic) bond motifs is 1. The Labute approximate surface area is 94.7 Å². The van der Waals surface area contributed by atoms with Crippen LogP contribution in [-0.2, 0) is 6.42 Å². The SMILES string of the molecule is CCCCCc1nc(NC)c2[nH]cnc2n1. The van der Waals surface area contributed by atoms with Crippen molar-refractivity contribution in [2.45, 2.75) is 32.6 Å². The van der Waals surface area contributed by atoms with Crippen LogP contribution in [-0.4, -0.2) is 27.0 Å². The van der Waals surface area contributed by atoms with E-state index in [9.17, 15) is 0 Å². The minimum Gasteiger partial charge on any atom is -0.371 e. The Kier molecular flexibility index (Phi) is 3.34. The van der Waals surface area contributed by atoms with E-state index in [1.54, 1.807) is 6.33 Å². The zero-order valence-electron chi connectivity index (χ0n) is 9.75. The molecule has 86 valence electrons. The smallest absolute Gasteiger partial charge is 0.183 e. The van der Waals surface area contributed by atoms with Crippen LogP contribution in [0.4, 0.5) is 5.82 Å². The van der Waals surface area contributed by atoms with E-state index in [0.717, 1.165) is 35.6 Å². The number of hydrogen-bond acceptors (Lipinski definition) is 4. The summed E-state index contributed by atoms with van der Waals surface area (Å²) in [4.78, 5) is 16.1. The maximum Gasteiger partial charge on any atom is 0.183 e. The molecule has 2 rings (SSSR count). The fraction of sp³-hybridized carbons (Fsp3) is 0.545. The van der Waals surface area contributed by atoms with Crippen molar-refractivity contribution in [3.05, 3.63) is 12.2 Å². The lowest BCUT2D eigenvalue weighted by atomic mass is 10.2. The van der Waals surface area contributed by atoms with Gasteiger partial charge in [-0.1, -0.05) is 19.8 Å². The first kappa shape index (κ1) is 10.9. The molecule has 0 fully saturated rings. The second kappa shape index (κ2) is 4.92. The van der Waals surface area contributed by atoms with Crippen molar-refractivity contribution in [2.75, 3.05) is 12.4 Å². The Balaban J connectivity index is 2.25. The van der Waals surface area contributed by atoms with E-state index in [-0.39, 0.29) is 0 Å². The molecule has 0 spiro atoms. The number of rotatable bonds is 5. The predicted octanol–water partition coefficient (Wildman–Crippen LogP) is 2.13. The predicted molar refractivity (Wildman–Crippen MR) is 64.5 cm³/mol. The Hall–Kier alpha value is -1.65. The molecule has 0 aliphatic carbocycles. The van der Waals surface area contributed by atoms with Crippen molar-refractivity contribution in [2.24, 2.45) is 0 Å². The van der Waals surface area contributed by atoms with Crippen LogP contribution in [0.5, 0.6) is 0 Å². The monoisotopic (exact) mass is 219 g/mol. The van der Waals surface area contributed by atoms with Gasteiger partial charge in [-0.25, -0.2) is 15.0 Å². The molecule has 2 aromatic rings. The molecule has 0 aromatic carbocycles. The van der Waals surface area contributed by atoms with Crippen molar-refractivity contribution in [3.63, 3.8) is 0 Å². The fourth-order valence-corrected chi connectivity index (χ4v) is 1.70. The zero-order valence-corrected chi connectivity index (χ0v) is 9.75. The summed E-state index contributed by atoms with van der Waals surface area (Å²) in [5.41, 5.74) is 1.62. The van der Waals surface area contributed by atoms with E-state index >= 15 is 0 Å². The Morgan fingerprint density at radius 1 is 1.31 bits per heavy atom. The fourth-order valence-electron chi connectivity index (χ4n) is 1.70. The topological polar surface area (TPSA) is 66.5 Å². The van der Waals surface area contributed by atoms with Gasteiger partial charge < -0.3 is 10.3 Å². The molecular weight excluding hydrogens is 202 g/mol. The standard InChI is InChI=1S/C11H17N5/c1-3-4-5-6-8-15-10(12-2)9-11(16-8)14-7-13-9/h7H,3-6H2,1-2H3,(H2,12,13,14,15,16). The molecule has 16 heavy (non-hydrogen) atoms.